The number of hydrogen-bond acceptors (Lipinski definition) is 3. The average Bonchev–Trinajstić information content (AvgIpc) is 3.04. The van der Waals surface area contributed by atoms with E-state index in [2.05, 4.69) is 0 Å². The number of alkyl halides is 3. The molecule has 1 aliphatic carbocycles. The van der Waals surface area contributed by atoms with E-state index in [1.807, 2.05) is 53.8 Å². The molecule has 0 radical (unpaired) electrons. The lowest BCUT2D eigenvalue weighted by molar-refractivity contribution is -0.156. The molecule has 0 fully saturated rings. The molecule has 7 heteroatoms. The summed E-state index contributed by atoms with van der Waals surface area (Å²) in [6, 6.07) is 17.6. The Balaban J connectivity index is 1.50. The Morgan fingerprint density at radius 3 is 2.00 bits per heavy atom. The minimum atomic E-state index is -4.72. The number of alkyl carbamates (subject to hydrolysis) is 1. The van der Waals surface area contributed by atoms with Crippen LogP contribution in [0, 0.1) is 0 Å². The average molecular weight is 413 g/mol. The minimum absolute atomic E-state index is 0.0833. The van der Waals surface area contributed by atoms with E-state index in [1.54, 1.807) is 0 Å². The Bertz CT molecular complexity index is 1020. The molecule has 3 aromatic rings. The van der Waals surface area contributed by atoms with Crippen molar-refractivity contribution >= 4 is 6.09 Å². The Morgan fingerprint density at radius 2 is 1.47 bits per heavy atom. The van der Waals surface area contributed by atoms with Crippen LogP contribution in [0.1, 0.15) is 28.7 Å². The lowest BCUT2D eigenvalue weighted by Gasteiger charge is -2.22. The summed E-state index contributed by atoms with van der Waals surface area (Å²) < 4.78 is 45.6. The van der Waals surface area contributed by atoms with Gasteiger partial charge in [-0.05, 0) is 39.9 Å². The summed E-state index contributed by atoms with van der Waals surface area (Å²) in [6.45, 7) is -0.0833. The third-order valence-corrected chi connectivity index (χ3v) is 5.16. The van der Waals surface area contributed by atoms with Crippen LogP contribution in [0.4, 0.5) is 18.0 Å². The van der Waals surface area contributed by atoms with Gasteiger partial charge in [0.2, 0.25) is 0 Å². The maximum absolute atomic E-state index is 13.5. The van der Waals surface area contributed by atoms with Crippen LogP contribution >= 0.6 is 0 Å². The summed E-state index contributed by atoms with van der Waals surface area (Å²) in [5, 5.41) is 11.2. The summed E-state index contributed by atoms with van der Waals surface area (Å²) in [4.78, 5) is 12.2. The van der Waals surface area contributed by atoms with Crippen LogP contribution in [0.25, 0.3) is 11.1 Å². The first-order chi connectivity index (χ1) is 14.3. The quantitative estimate of drug-likeness (QED) is 0.591. The molecule has 0 unspecified atom stereocenters. The number of amides is 1. The SMILES string of the molecule is O=C(N[C@H](c1ccc(O)cc1)C(F)(F)F)OCC1c2ccccc2-c2ccccc21. The molecule has 0 spiro atoms. The van der Waals surface area contributed by atoms with Gasteiger partial charge in [0, 0.05) is 5.92 Å². The van der Waals surface area contributed by atoms with Crippen molar-refractivity contribution < 1.29 is 27.8 Å². The van der Waals surface area contributed by atoms with Crippen LogP contribution in [0.15, 0.2) is 72.8 Å². The topological polar surface area (TPSA) is 58.6 Å². The number of fused-ring (bicyclic) bond motifs is 3. The first kappa shape index (κ1) is 19.8. The molecular formula is C23H18F3NO3. The molecule has 0 heterocycles. The molecule has 4 rings (SSSR count). The van der Waals surface area contributed by atoms with E-state index in [0.717, 1.165) is 46.5 Å². The molecule has 3 aromatic carbocycles. The lowest BCUT2D eigenvalue weighted by atomic mass is 9.98. The van der Waals surface area contributed by atoms with Gasteiger partial charge in [0.15, 0.2) is 6.04 Å². The molecular weight excluding hydrogens is 395 g/mol. The van der Waals surface area contributed by atoms with Crippen molar-refractivity contribution in [2.24, 2.45) is 0 Å². The van der Waals surface area contributed by atoms with Gasteiger partial charge in [-0.25, -0.2) is 4.79 Å². The highest BCUT2D eigenvalue weighted by Gasteiger charge is 2.42. The Kier molecular flexibility index (Phi) is 5.11. The van der Waals surface area contributed by atoms with E-state index in [1.165, 1.54) is 0 Å². The summed E-state index contributed by atoms with van der Waals surface area (Å²) in [6.07, 6.45) is -5.88. The predicted octanol–water partition coefficient (Wildman–Crippen LogP) is 5.53. The highest BCUT2D eigenvalue weighted by molar-refractivity contribution is 5.79. The van der Waals surface area contributed by atoms with E-state index in [9.17, 15) is 23.1 Å². The molecule has 0 saturated carbocycles. The fourth-order valence-electron chi connectivity index (χ4n) is 3.78. The Labute approximate surface area is 170 Å². The minimum Gasteiger partial charge on any atom is -0.508 e. The third kappa shape index (κ3) is 3.83. The summed E-state index contributed by atoms with van der Waals surface area (Å²) in [5.74, 6) is -0.415. The smallest absolute Gasteiger partial charge is 0.412 e. The number of carbonyl (C=O) groups is 1. The van der Waals surface area contributed by atoms with Gasteiger partial charge in [-0.2, -0.15) is 13.2 Å². The van der Waals surface area contributed by atoms with Gasteiger partial charge in [0.1, 0.15) is 12.4 Å². The van der Waals surface area contributed by atoms with Gasteiger partial charge in [-0.15, -0.1) is 0 Å². The standard InChI is InChI=1S/C23H18F3NO3/c24-23(25,26)21(14-9-11-15(28)12-10-14)27-22(29)30-13-20-18-7-3-1-5-16(18)17-6-2-4-8-19(17)20/h1-12,20-21,28H,13H2,(H,27,29)/t21-/m1/s1. The monoisotopic (exact) mass is 413 g/mol. The van der Waals surface area contributed by atoms with Gasteiger partial charge >= 0.3 is 12.3 Å². The largest absolute Gasteiger partial charge is 0.508 e. The van der Waals surface area contributed by atoms with E-state index >= 15 is 0 Å². The van der Waals surface area contributed by atoms with Crippen molar-refractivity contribution in [3.63, 3.8) is 0 Å². The fraction of sp³-hybridized carbons (Fsp3) is 0.174. The number of benzene rings is 3. The number of phenolic OH excluding ortho intramolecular Hbond substituents is 1. The summed E-state index contributed by atoms with van der Waals surface area (Å²) in [5.41, 5.74) is 3.79. The number of ether oxygens (including phenoxy) is 1. The first-order valence-corrected chi connectivity index (χ1v) is 9.32. The Hall–Kier alpha value is -3.48. The van der Waals surface area contributed by atoms with Crippen LogP contribution in [0.3, 0.4) is 0 Å². The second-order valence-electron chi connectivity index (χ2n) is 7.04. The van der Waals surface area contributed by atoms with Crippen molar-refractivity contribution in [1.29, 1.82) is 0 Å². The van der Waals surface area contributed by atoms with Gasteiger partial charge in [-0.3, -0.25) is 0 Å². The number of nitrogens with one attached hydrogen (secondary N) is 1. The molecule has 154 valence electrons. The molecule has 1 amide bonds. The fourth-order valence-corrected chi connectivity index (χ4v) is 3.78. The number of rotatable bonds is 4. The maximum atomic E-state index is 13.5. The van der Waals surface area contributed by atoms with E-state index in [-0.39, 0.29) is 23.8 Å². The molecule has 1 atom stereocenters. The van der Waals surface area contributed by atoms with E-state index in [0.29, 0.717) is 0 Å². The molecule has 0 saturated heterocycles. The molecule has 1 aliphatic rings. The molecule has 0 aromatic heterocycles. The van der Waals surface area contributed by atoms with Gasteiger partial charge < -0.3 is 15.2 Å². The molecule has 0 bridgehead atoms. The predicted molar refractivity (Wildman–Crippen MR) is 105 cm³/mol. The Morgan fingerprint density at radius 1 is 0.933 bits per heavy atom. The highest BCUT2D eigenvalue weighted by atomic mass is 19.4. The zero-order valence-corrected chi connectivity index (χ0v) is 15.7. The second-order valence-corrected chi connectivity index (χ2v) is 7.04. The van der Waals surface area contributed by atoms with Crippen molar-refractivity contribution in [1.82, 2.24) is 5.32 Å². The molecule has 2 N–H and O–H groups in total. The van der Waals surface area contributed by atoms with Crippen LogP contribution < -0.4 is 5.32 Å². The molecule has 30 heavy (non-hydrogen) atoms. The summed E-state index contributed by atoms with van der Waals surface area (Å²) >= 11 is 0. The lowest BCUT2D eigenvalue weighted by Crippen LogP contribution is -2.38. The number of halogens is 3. The maximum Gasteiger partial charge on any atom is 0.412 e. The number of aromatic hydroxyl groups is 1. The van der Waals surface area contributed by atoms with Crippen molar-refractivity contribution in [2.75, 3.05) is 6.61 Å². The zero-order valence-electron chi connectivity index (χ0n) is 15.7. The van der Waals surface area contributed by atoms with Crippen LogP contribution in [-0.2, 0) is 4.74 Å². The van der Waals surface area contributed by atoms with Gasteiger partial charge in [0.25, 0.3) is 0 Å². The molecule has 0 aliphatic heterocycles. The normalized spacial score (nSPS) is 14.0. The van der Waals surface area contributed by atoms with Gasteiger partial charge in [-0.1, -0.05) is 60.7 Å². The summed E-state index contributed by atoms with van der Waals surface area (Å²) in [7, 11) is 0. The van der Waals surface area contributed by atoms with E-state index < -0.39 is 18.3 Å². The number of carbonyl (C=O) groups excluding carboxylic acids is 1. The van der Waals surface area contributed by atoms with Crippen molar-refractivity contribution in [3.8, 4) is 16.9 Å². The third-order valence-electron chi connectivity index (χ3n) is 5.16. The van der Waals surface area contributed by atoms with E-state index in [4.69, 9.17) is 4.74 Å². The number of phenols is 1. The van der Waals surface area contributed by atoms with Crippen molar-refractivity contribution in [2.45, 2.75) is 18.1 Å². The second kappa shape index (κ2) is 7.74. The highest BCUT2D eigenvalue weighted by Crippen LogP contribution is 2.44. The van der Waals surface area contributed by atoms with Crippen molar-refractivity contribution in [3.05, 3.63) is 89.5 Å². The number of hydrogen-bond donors (Lipinski definition) is 2. The van der Waals surface area contributed by atoms with Crippen LogP contribution in [0.2, 0.25) is 0 Å². The first-order valence-electron chi connectivity index (χ1n) is 9.32. The van der Waals surface area contributed by atoms with Gasteiger partial charge in [0.05, 0.1) is 0 Å². The van der Waals surface area contributed by atoms with Crippen LogP contribution in [-0.4, -0.2) is 24.0 Å². The van der Waals surface area contributed by atoms with Crippen LogP contribution in [0.5, 0.6) is 5.75 Å². The molecule has 4 nitrogen and oxygen atoms in total. The zero-order chi connectivity index (χ0) is 21.3.